The molecule has 0 radical (unpaired) electrons. The fraction of sp³-hybridized carbons (Fsp3) is 0.190. The number of piperazine rings is 1. The number of para-hydroxylation sites is 1. The van der Waals surface area contributed by atoms with Gasteiger partial charge in [0.15, 0.2) is 5.65 Å². The fourth-order valence-electron chi connectivity index (χ4n) is 3.81. The molecule has 6 N–H and O–H groups in total. The molecule has 4 aromatic rings. The Hall–Kier alpha value is -3.54. The first-order valence-electron chi connectivity index (χ1n) is 9.89. The second kappa shape index (κ2) is 8.54. The number of rotatable bonds is 4. The van der Waals surface area contributed by atoms with Gasteiger partial charge >= 0.3 is 0 Å². The van der Waals surface area contributed by atoms with Crippen LogP contribution in [-0.2, 0) is 10.0 Å². The highest BCUT2D eigenvalue weighted by Crippen LogP contribution is 2.27. The van der Waals surface area contributed by atoms with E-state index in [2.05, 4.69) is 24.8 Å². The maximum Gasteiger partial charge on any atom is 0.243 e. The second-order valence-electron chi connectivity index (χ2n) is 7.28. The van der Waals surface area contributed by atoms with Gasteiger partial charge in [-0.3, -0.25) is 0 Å². The van der Waals surface area contributed by atoms with E-state index < -0.39 is 10.0 Å². The Balaban J connectivity index is 0.00000245. The molecule has 1 aliphatic rings. The van der Waals surface area contributed by atoms with E-state index in [-0.39, 0.29) is 17.0 Å². The third-order valence-corrected chi connectivity index (χ3v) is 7.33. The van der Waals surface area contributed by atoms with Crippen molar-refractivity contribution < 1.29 is 8.42 Å². The molecular formula is C21H24N8O2S. The van der Waals surface area contributed by atoms with E-state index in [0.717, 1.165) is 11.3 Å². The van der Waals surface area contributed by atoms with Gasteiger partial charge in [0.1, 0.15) is 11.2 Å². The lowest BCUT2D eigenvalue weighted by Crippen LogP contribution is -2.48. The van der Waals surface area contributed by atoms with E-state index in [1.807, 2.05) is 30.3 Å². The Labute approximate surface area is 185 Å². The van der Waals surface area contributed by atoms with E-state index in [9.17, 15) is 8.42 Å². The van der Waals surface area contributed by atoms with E-state index in [4.69, 9.17) is 5.73 Å². The van der Waals surface area contributed by atoms with Gasteiger partial charge in [0.2, 0.25) is 16.0 Å². The summed E-state index contributed by atoms with van der Waals surface area (Å²) in [6.45, 7) is 2.18. The monoisotopic (exact) mass is 452 g/mol. The molecule has 32 heavy (non-hydrogen) atoms. The van der Waals surface area contributed by atoms with Crippen LogP contribution in [0.25, 0.3) is 22.4 Å². The molecule has 0 aliphatic carbocycles. The summed E-state index contributed by atoms with van der Waals surface area (Å²) in [5.74, 6) is 0.125. The van der Waals surface area contributed by atoms with Crippen molar-refractivity contribution in [2.24, 2.45) is 0 Å². The molecule has 0 amide bonds. The van der Waals surface area contributed by atoms with Gasteiger partial charge < -0.3 is 21.8 Å². The van der Waals surface area contributed by atoms with Crippen LogP contribution in [0.4, 0.5) is 11.6 Å². The standard InChI is InChI=1S/C21H21N7O2S.H3N/c22-21-25-18(19-20(26-21)24-14-23-19)15-6-8-17(9-7-15)31(29,30)28-12-10-27(11-13-28)16-4-2-1-3-5-16;/h1-9,14H,10-13H2,(H3,22,23,24,25,26);1H3. The Morgan fingerprint density at radius 3 is 2.28 bits per heavy atom. The molecule has 0 spiro atoms. The quantitative estimate of drug-likeness (QED) is 0.426. The molecule has 0 saturated carbocycles. The van der Waals surface area contributed by atoms with Gasteiger partial charge in [0.25, 0.3) is 0 Å². The number of imidazole rings is 1. The van der Waals surface area contributed by atoms with Crippen LogP contribution in [0.1, 0.15) is 0 Å². The smallest absolute Gasteiger partial charge is 0.243 e. The summed E-state index contributed by atoms with van der Waals surface area (Å²) in [5.41, 5.74) is 9.31. The molecule has 2 aromatic carbocycles. The summed E-state index contributed by atoms with van der Waals surface area (Å²) in [4.78, 5) is 18.0. The number of sulfonamides is 1. The summed E-state index contributed by atoms with van der Waals surface area (Å²) >= 11 is 0. The molecule has 3 heterocycles. The number of hydrogen-bond donors (Lipinski definition) is 3. The summed E-state index contributed by atoms with van der Waals surface area (Å²) in [5, 5.41) is 0. The normalized spacial score (nSPS) is 14.9. The number of nitrogens with two attached hydrogens (primary N) is 1. The van der Waals surface area contributed by atoms with Crippen LogP contribution < -0.4 is 16.8 Å². The highest BCUT2D eigenvalue weighted by atomic mass is 32.2. The lowest BCUT2D eigenvalue weighted by molar-refractivity contribution is 0.385. The predicted octanol–water partition coefficient (Wildman–Crippen LogP) is 2.27. The maximum atomic E-state index is 13.1. The first kappa shape index (κ1) is 21.7. The molecule has 0 atom stereocenters. The molecule has 0 bridgehead atoms. The molecule has 1 saturated heterocycles. The van der Waals surface area contributed by atoms with Crippen LogP contribution in [0, 0.1) is 0 Å². The van der Waals surface area contributed by atoms with Crippen LogP contribution >= 0.6 is 0 Å². The zero-order valence-corrected chi connectivity index (χ0v) is 18.2. The first-order valence-corrected chi connectivity index (χ1v) is 11.3. The molecule has 1 fully saturated rings. The van der Waals surface area contributed by atoms with Gasteiger partial charge in [-0.25, -0.2) is 18.4 Å². The Kier molecular flexibility index (Phi) is 5.78. The molecule has 5 rings (SSSR count). The average Bonchev–Trinajstić information content (AvgIpc) is 3.28. The van der Waals surface area contributed by atoms with Crippen LogP contribution in [0.3, 0.4) is 0 Å². The van der Waals surface area contributed by atoms with Gasteiger partial charge in [-0.05, 0) is 24.3 Å². The molecule has 1 aliphatic heterocycles. The minimum atomic E-state index is -3.58. The van der Waals surface area contributed by atoms with E-state index in [1.54, 1.807) is 24.3 Å². The number of hydrogen-bond acceptors (Lipinski definition) is 8. The molecule has 166 valence electrons. The van der Waals surface area contributed by atoms with Crippen molar-refractivity contribution >= 4 is 32.8 Å². The van der Waals surface area contributed by atoms with Crippen LogP contribution in [0.2, 0.25) is 0 Å². The number of fused-ring (bicyclic) bond motifs is 1. The lowest BCUT2D eigenvalue weighted by Gasteiger charge is -2.35. The van der Waals surface area contributed by atoms with Crippen molar-refractivity contribution in [3.05, 3.63) is 60.9 Å². The number of nitrogen functional groups attached to an aromatic ring is 1. The van der Waals surface area contributed by atoms with Gasteiger partial charge in [0, 0.05) is 37.4 Å². The number of benzene rings is 2. The third kappa shape index (κ3) is 3.88. The number of aromatic amines is 1. The fourth-order valence-corrected chi connectivity index (χ4v) is 5.24. The summed E-state index contributed by atoms with van der Waals surface area (Å²) in [6.07, 6.45) is 1.52. The topological polar surface area (TPSA) is 156 Å². The number of nitrogens with zero attached hydrogens (tertiary/aromatic N) is 5. The molecule has 2 aromatic heterocycles. The second-order valence-corrected chi connectivity index (χ2v) is 9.22. The minimum Gasteiger partial charge on any atom is -0.369 e. The lowest BCUT2D eigenvalue weighted by atomic mass is 10.1. The molecule has 11 heteroatoms. The van der Waals surface area contributed by atoms with Crippen LogP contribution in [0.5, 0.6) is 0 Å². The largest absolute Gasteiger partial charge is 0.369 e. The number of H-pyrrole nitrogens is 1. The first-order chi connectivity index (χ1) is 15.0. The predicted molar refractivity (Wildman–Crippen MR) is 124 cm³/mol. The summed E-state index contributed by atoms with van der Waals surface area (Å²) in [7, 11) is -3.58. The Bertz CT molecular complexity index is 1320. The number of aromatic nitrogens is 4. The zero-order chi connectivity index (χ0) is 21.4. The van der Waals surface area contributed by atoms with Gasteiger partial charge in [-0.1, -0.05) is 30.3 Å². The summed E-state index contributed by atoms with van der Waals surface area (Å²) < 4.78 is 27.8. The van der Waals surface area contributed by atoms with Crippen LogP contribution in [0.15, 0.2) is 65.8 Å². The maximum absolute atomic E-state index is 13.1. The average molecular weight is 453 g/mol. The SMILES string of the molecule is N.Nc1nc(-c2ccc(S(=O)(=O)N3CCN(c4ccccc4)CC3)cc2)c2nc[nH]c2n1. The highest BCUT2D eigenvalue weighted by molar-refractivity contribution is 7.89. The van der Waals surface area contributed by atoms with Crippen molar-refractivity contribution in [1.82, 2.24) is 30.4 Å². The van der Waals surface area contributed by atoms with E-state index in [1.165, 1.54) is 10.6 Å². The number of anilines is 2. The molecule has 10 nitrogen and oxygen atoms in total. The molecule has 0 unspecified atom stereocenters. The van der Waals surface area contributed by atoms with Gasteiger partial charge in [-0.15, -0.1) is 0 Å². The van der Waals surface area contributed by atoms with Crippen molar-refractivity contribution in [1.29, 1.82) is 0 Å². The van der Waals surface area contributed by atoms with Crippen molar-refractivity contribution in [2.75, 3.05) is 36.8 Å². The highest BCUT2D eigenvalue weighted by Gasteiger charge is 2.28. The van der Waals surface area contributed by atoms with Crippen LogP contribution in [-0.4, -0.2) is 58.8 Å². The minimum absolute atomic E-state index is 0. The Morgan fingerprint density at radius 1 is 0.906 bits per heavy atom. The van der Waals surface area contributed by atoms with Gasteiger partial charge in [0.05, 0.1) is 11.2 Å². The Morgan fingerprint density at radius 2 is 1.59 bits per heavy atom. The third-order valence-electron chi connectivity index (χ3n) is 5.42. The van der Waals surface area contributed by atoms with Crippen molar-refractivity contribution in [3.63, 3.8) is 0 Å². The zero-order valence-electron chi connectivity index (χ0n) is 17.3. The van der Waals surface area contributed by atoms with Crippen molar-refractivity contribution in [2.45, 2.75) is 4.90 Å². The number of nitrogens with one attached hydrogen (secondary N) is 1. The summed E-state index contributed by atoms with van der Waals surface area (Å²) in [6, 6.07) is 16.7. The van der Waals surface area contributed by atoms with Gasteiger partial charge in [-0.2, -0.15) is 9.29 Å². The van der Waals surface area contributed by atoms with E-state index >= 15 is 0 Å². The van der Waals surface area contributed by atoms with E-state index in [0.29, 0.717) is 43.0 Å². The van der Waals surface area contributed by atoms with Crippen molar-refractivity contribution in [3.8, 4) is 11.3 Å². The molecular weight excluding hydrogens is 428 g/mol.